The van der Waals surface area contributed by atoms with Gasteiger partial charge in [-0.15, -0.1) is 0 Å². The summed E-state index contributed by atoms with van der Waals surface area (Å²) in [7, 11) is 0. The number of hydrogen-bond donors (Lipinski definition) is 1. The van der Waals surface area contributed by atoms with Gasteiger partial charge in [-0.3, -0.25) is 0 Å². The molecule has 0 saturated heterocycles. The van der Waals surface area contributed by atoms with E-state index in [0.717, 1.165) is 19.3 Å². The first kappa shape index (κ1) is 14.9. The molecule has 2 bridgehead atoms. The highest BCUT2D eigenvalue weighted by Crippen LogP contribution is 2.43. The monoisotopic (exact) mass is 322 g/mol. The molecule has 3 fully saturated rings. The van der Waals surface area contributed by atoms with Crippen LogP contribution in [0.1, 0.15) is 37.7 Å². The normalized spacial score (nSPS) is 28.7. The van der Waals surface area contributed by atoms with E-state index in [4.69, 9.17) is 11.6 Å². The van der Waals surface area contributed by atoms with E-state index in [1.165, 1.54) is 12.8 Å². The van der Waals surface area contributed by atoms with Gasteiger partial charge >= 0.3 is 6.18 Å². The quantitative estimate of drug-likeness (QED) is 0.620. The molecule has 1 aromatic rings. The number of halogens is 5. The maximum atomic E-state index is 13.9. The van der Waals surface area contributed by atoms with Crippen LogP contribution < -0.4 is 5.32 Å². The molecule has 3 aliphatic carbocycles. The van der Waals surface area contributed by atoms with E-state index in [-0.39, 0.29) is 11.9 Å². The van der Waals surface area contributed by atoms with Crippen LogP contribution in [0.2, 0.25) is 5.15 Å². The van der Waals surface area contributed by atoms with Crippen LogP contribution >= 0.6 is 11.6 Å². The molecule has 2 nitrogen and oxygen atoms in total. The van der Waals surface area contributed by atoms with Crippen molar-refractivity contribution >= 4 is 17.4 Å². The van der Waals surface area contributed by atoms with E-state index < -0.39 is 22.7 Å². The van der Waals surface area contributed by atoms with Crippen LogP contribution in [0, 0.1) is 17.7 Å². The first-order valence-electron chi connectivity index (χ1n) is 7.04. The third-order valence-corrected chi connectivity index (χ3v) is 4.89. The topological polar surface area (TPSA) is 24.9 Å². The SMILES string of the molecule is Fc1cc(C(F)(F)F)c(Cl)nc1NC1CC2CCC1CC2. The van der Waals surface area contributed by atoms with Crippen molar-refractivity contribution in [3.8, 4) is 0 Å². The Bertz CT molecular complexity index is 539. The molecule has 1 N–H and O–H groups in total. The summed E-state index contributed by atoms with van der Waals surface area (Å²) in [5, 5.41) is 2.25. The van der Waals surface area contributed by atoms with Crippen molar-refractivity contribution in [1.29, 1.82) is 0 Å². The third-order valence-electron chi connectivity index (χ3n) is 4.60. The van der Waals surface area contributed by atoms with Crippen LogP contribution in [0.3, 0.4) is 0 Å². The van der Waals surface area contributed by atoms with Crippen molar-refractivity contribution in [2.24, 2.45) is 11.8 Å². The Balaban J connectivity index is 1.82. The first-order chi connectivity index (χ1) is 9.84. The van der Waals surface area contributed by atoms with Crippen LogP contribution in [-0.2, 0) is 6.18 Å². The molecular weight excluding hydrogens is 308 g/mol. The fourth-order valence-corrected chi connectivity index (χ4v) is 3.74. The summed E-state index contributed by atoms with van der Waals surface area (Å²) in [5.74, 6) is -0.114. The zero-order valence-corrected chi connectivity index (χ0v) is 11.9. The fourth-order valence-electron chi connectivity index (χ4n) is 3.50. The Kier molecular flexibility index (Phi) is 3.76. The lowest BCUT2D eigenvalue weighted by Gasteiger charge is -2.42. The van der Waals surface area contributed by atoms with Crippen molar-refractivity contribution in [1.82, 2.24) is 4.98 Å². The van der Waals surface area contributed by atoms with Crippen molar-refractivity contribution in [2.45, 2.75) is 44.3 Å². The lowest BCUT2D eigenvalue weighted by Crippen LogP contribution is -2.40. The second-order valence-electron chi connectivity index (χ2n) is 5.92. The number of hydrogen-bond acceptors (Lipinski definition) is 2. The molecule has 3 aliphatic rings. The highest BCUT2D eigenvalue weighted by molar-refractivity contribution is 6.30. The standard InChI is InChI=1S/C14H15ClF4N2/c15-12-9(14(17,18)19)6-10(16)13(21-12)20-11-5-7-1-3-8(11)4-2-7/h6-8,11H,1-5H2,(H,20,21). The van der Waals surface area contributed by atoms with Crippen LogP contribution in [0.15, 0.2) is 6.07 Å². The van der Waals surface area contributed by atoms with Gasteiger partial charge in [-0.05, 0) is 37.2 Å². The molecule has 116 valence electrons. The highest BCUT2D eigenvalue weighted by atomic mass is 35.5. The number of nitrogens with one attached hydrogen (secondary N) is 1. The summed E-state index contributed by atoms with van der Waals surface area (Å²) < 4.78 is 51.8. The van der Waals surface area contributed by atoms with Gasteiger partial charge in [-0.2, -0.15) is 13.2 Å². The largest absolute Gasteiger partial charge is 0.419 e. The summed E-state index contributed by atoms with van der Waals surface area (Å²) in [6.07, 6.45) is 0.757. The molecule has 0 aromatic carbocycles. The van der Waals surface area contributed by atoms with E-state index in [2.05, 4.69) is 10.3 Å². The minimum absolute atomic E-state index is 0.0762. The van der Waals surface area contributed by atoms with Crippen molar-refractivity contribution < 1.29 is 17.6 Å². The number of aromatic nitrogens is 1. The Morgan fingerprint density at radius 3 is 2.38 bits per heavy atom. The van der Waals surface area contributed by atoms with Gasteiger partial charge in [0.1, 0.15) is 5.15 Å². The van der Waals surface area contributed by atoms with E-state index in [1.807, 2.05) is 0 Å². The van der Waals surface area contributed by atoms with E-state index in [1.54, 1.807) is 0 Å². The van der Waals surface area contributed by atoms with Gasteiger partial charge in [0.05, 0.1) is 5.56 Å². The van der Waals surface area contributed by atoms with Gasteiger partial charge in [0.2, 0.25) is 0 Å². The minimum atomic E-state index is -4.70. The van der Waals surface area contributed by atoms with Crippen LogP contribution in [0.4, 0.5) is 23.4 Å². The van der Waals surface area contributed by atoms with Crippen LogP contribution in [0.5, 0.6) is 0 Å². The summed E-state index contributed by atoms with van der Waals surface area (Å²) in [4.78, 5) is 3.58. The average Bonchev–Trinajstić information content (AvgIpc) is 2.42. The molecule has 4 rings (SSSR count). The first-order valence-corrected chi connectivity index (χ1v) is 7.42. The summed E-state index contributed by atoms with van der Waals surface area (Å²) >= 11 is 5.54. The van der Waals surface area contributed by atoms with Gasteiger partial charge in [0.15, 0.2) is 11.6 Å². The average molecular weight is 323 g/mol. The van der Waals surface area contributed by atoms with Gasteiger partial charge in [-0.1, -0.05) is 24.4 Å². The molecule has 1 heterocycles. The van der Waals surface area contributed by atoms with E-state index in [0.29, 0.717) is 17.9 Å². The Hall–Kier alpha value is -1.04. The third kappa shape index (κ3) is 2.96. The second kappa shape index (κ2) is 5.30. The number of rotatable bonds is 2. The summed E-state index contributed by atoms with van der Waals surface area (Å²) in [6.45, 7) is 0. The fraction of sp³-hybridized carbons (Fsp3) is 0.643. The molecule has 7 heteroatoms. The molecule has 21 heavy (non-hydrogen) atoms. The summed E-state index contributed by atoms with van der Waals surface area (Å²) in [5.41, 5.74) is -1.24. The second-order valence-corrected chi connectivity index (χ2v) is 6.28. The summed E-state index contributed by atoms with van der Waals surface area (Å²) in [6, 6.07) is 0.492. The molecule has 0 spiro atoms. The molecular formula is C14H15ClF4N2. The zero-order valence-electron chi connectivity index (χ0n) is 11.2. The molecule has 0 radical (unpaired) electrons. The van der Waals surface area contributed by atoms with Crippen molar-refractivity contribution in [3.63, 3.8) is 0 Å². The Morgan fingerprint density at radius 1 is 1.19 bits per heavy atom. The Morgan fingerprint density at radius 2 is 1.86 bits per heavy atom. The molecule has 0 amide bonds. The zero-order chi connectivity index (χ0) is 15.2. The molecule has 1 atom stereocenters. The number of alkyl halides is 3. The molecule has 3 saturated carbocycles. The van der Waals surface area contributed by atoms with Crippen molar-refractivity contribution in [2.75, 3.05) is 5.32 Å². The smallest absolute Gasteiger partial charge is 0.365 e. The van der Waals surface area contributed by atoms with Crippen molar-refractivity contribution in [3.05, 3.63) is 22.6 Å². The van der Waals surface area contributed by atoms with Gasteiger partial charge in [-0.25, -0.2) is 9.37 Å². The van der Waals surface area contributed by atoms with Gasteiger partial charge < -0.3 is 5.32 Å². The molecule has 1 aromatic heterocycles. The Labute approximate surface area is 124 Å². The van der Waals surface area contributed by atoms with E-state index in [9.17, 15) is 17.6 Å². The van der Waals surface area contributed by atoms with Crippen LogP contribution in [-0.4, -0.2) is 11.0 Å². The van der Waals surface area contributed by atoms with Crippen LogP contribution in [0.25, 0.3) is 0 Å². The van der Waals surface area contributed by atoms with Gasteiger partial charge in [0.25, 0.3) is 0 Å². The van der Waals surface area contributed by atoms with E-state index >= 15 is 0 Å². The maximum Gasteiger partial charge on any atom is 0.419 e. The number of anilines is 1. The number of pyridine rings is 1. The number of fused-ring (bicyclic) bond motifs is 3. The molecule has 0 aliphatic heterocycles. The predicted molar refractivity (Wildman–Crippen MR) is 71.7 cm³/mol. The maximum absolute atomic E-state index is 13.9. The highest BCUT2D eigenvalue weighted by Gasteiger charge is 2.38. The molecule has 1 unspecified atom stereocenters. The lowest BCUT2D eigenvalue weighted by molar-refractivity contribution is -0.137. The predicted octanol–water partition coefficient (Wildman–Crippen LogP) is 4.88. The number of nitrogens with zero attached hydrogens (tertiary/aromatic N) is 1. The minimum Gasteiger partial charge on any atom is -0.365 e. The van der Waals surface area contributed by atoms with Gasteiger partial charge in [0, 0.05) is 6.04 Å². The lowest BCUT2D eigenvalue weighted by atomic mass is 9.68.